The molecule has 0 fully saturated rings. The minimum atomic E-state index is 0.815. The zero-order valence-corrected chi connectivity index (χ0v) is 6.88. The van der Waals surface area contributed by atoms with Crippen molar-refractivity contribution in [3.05, 3.63) is 34.9 Å². The zero-order valence-electron chi connectivity index (χ0n) is 4.97. The van der Waals surface area contributed by atoms with Crippen LogP contribution < -0.4 is 0 Å². The highest BCUT2D eigenvalue weighted by molar-refractivity contribution is 7.15. The van der Waals surface area contributed by atoms with Crippen molar-refractivity contribution in [3.63, 3.8) is 0 Å². The minimum absolute atomic E-state index is 0.815. The van der Waals surface area contributed by atoms with Crippen molar-refractivity contribution < 1.29 is 0 Å². The molecule has 0 N–H and O–H groups in total. The van der Waals surface area contributed by atoms with Gasteiger partial charge in [-0.3, -0.25) is 0 Å². The van der Waals surface area contributed by atoms with Gasteiger partial charge in [-0.05, 0) is 23.9 Å². The second kappa shape index (κ2) is 3.20. The Morgan fingerprint density at radius 3 is 2.67 bits per heavy atom. The fourth-order valence-electron chi connectivity index (χ4n) is 0.664. The average molecular weight is 159 g/mol. The molecule has 0 bridgehead atoms. The lowest BCUT2D eigenvalue weighted by molar-refractivity contribution is 1.42. The van der Waals surface area contributed by atoms with Crippen LogP contribution in [0.5, 0.6) is 0 Å². The molecule has 0 aliphatic heterocycles. The fourth-order valence-corrected chi connectivity index (χ4v) is 1.13. The van der Waals surface area contributed by atoms with Gasteiger partial charge in [0.15, 0.2) is 0 Å². The van der Waals surface area contributed by atoms with Gasteiger partial charge in [-0.1, -0.05) is 23.7 Å². The van der Waals surface area contributed by atoms with Gasteiger partial charge >= 0.3 is 0 Å². The molecule has 1 aromatic carbocycles. The molecule has 0 radical (unpaired) electrons. The fraction of sp³-hybridized carbons (Fsp3) is 0.143. The van der Waals surface area contributed by atoms with E-state index >= 15 is 0 Å². The first kappa shape index (κ1) is 7.05. The molecule has 0 aliphatic carbocycles. The summed E-state index contributed by atoms with van der Waals surface area (Å²) in [7, 11) is 2.66. The molecule has 1 atom stereocenters. The van der Waals surface area contributed by atoms with Crippen molar-refractivity contribution in [1.82, 2.24) is 0 Å². The Morgan fingerprint density at radius 1 is 1.44 bits per heavy atom. The second-order valence-corrected chi connectivity index (χ2v) is 2.68. The Balaban J connectivity index is 2.94. The number of benzene rings is 1. The highest BCUT2D eigenvalue weighted by Crippen LogP contribution is 2.12. The summed E-state index contributed by atoms with van der Waals surface area (Å²) < 4.78 is 0. The molecule has 1 rings (SSSR count). The van der Waals surface area contributed by atoms with Crippen LogP contribution in [-0.4, -0.2) is 0 Å². The number of hydrogen-bond acceptors (Lipinski definition) is 0. The molecule has 0 spiro atoms. The van der Waals surface area contributed by atoms with E-state index in [9.17, 15) is 0 Å². The summed E-state index contributed by atoms with van der Waals surface area (Å²) in [6.45, 7) is 0. The van der Waals surface area contributed by atoms with Gasteiger partial charge in [0, 0.05) is 5.02 Å². The van der Waals surface area contributed by atoms with Crippen molar-refractivity contribution >= 4 is 20.8 Å². The topological polar surface area (TPSA) is 0 Å². The Kier molecular flexibility index (Phi) is 2.50. The van der Waals surface area contributed by atoms with E-state index in [0.717, 1.165) is 11.2 Å². The number of rotatable bonds is 1. The number of hydrogen-bond donors (Lipinski definition) is 0. The highest BCUT2D eigenvalue weighted by Gasteiger charge is 1.87. The lowest BCUT2D eigenvalue weighted by Crippen LogP contribution is -1.73. The third kappa shape index (κ3) is 1.97. The quantitative estimate of drug-likeness (QED) is 0.552. The van der Waals surface area contributed by atoms with Crippen LogP contribution in [0.4, 0.5) is 0 Å². The standard InChI is InChI=1S/C7H8ClP/c8-7-3-1-2-6(4-7)5-9/h1-4H,5,9H2. The van der Waals surface area contributed by atoms with E-state index in [4.69, 9.17) is 11.6 Å². The maximum absolute atomic E-state index is 5.71. The van der Waals surface area contributed by atoms with Gasteiger partial charge in [-0.2, -0.15) is 0 Å². The van der Waals surface area contributed by atoms with Crippen molar-refractivity contribution in [2.24, 2.45) is 0 Å². The maximum atomic E-state index is 5.71. The Bertz CT molecular complexity index is 198. The first-order chi connectivity index (χ1) is 4.33. The molecule has 0 amide bonds. The molecule has 48 valence electrons. The predicted octanol–water partition coefficient (Wildman–Crippen LogP) is 2.72. The molecule has 0 saturated carbocycles. The van der Waals surface area contributed by atoms with Gasteiger partial charge in [-0.25, -0.2) is 0 Å². The zero-order chi connectivity index (χ0) is 6.69. The normalized spacial score (nSPS) is 9.56. The van der Waals surface area contributed by atoms with Crippen LogP contribution in [0, 0.1) is 0 Å². The third-order valence-electron chi connectivity index (χ3n) is 1.12. The van der Waals surface area contributed by atoms with Gasteiger partial charge in [-0.15, -0.1) is 9.24 Å². The largest absolute Gasteiger partial charge is 0.133 e. The summed E-state index contributed by atoms with van der Waals surface area (Å²) in [5, 5.41) is 0.815. The average Bonchev–Trinajstić information content (AvgIpc) is 1.88. The monoisotopic (exact) mass is 158 g/mol. The summed E-state index contributed by atoms with van der Waals surface area (Å²) in [6.07, 6.45) is 0.973. The molecule has 1 unspecified atom stereocenters. The van der Waals surface area contributed by atoms with Crippen LogP contribution in [0.3, 0.4) is 0 Å². The van der Waals surface area contributed by atoms with Crippen molar-refractivity contribution in [2.45, 2.75) is 6.16 Å². The molecule has 2 heteroatoms. The molecule has 0 aromatic heterocycles. The van der Waals surface area contributed by atoms with E-state index in [-0.39, 0.29) is 0 Å². The molecule has 0 nitrogen and oxygen atoms in total. The van der Waals surface area contributed by atoms with Crippen LogP contribution in [0.15, 0.2) is 24.3 Å². The van der Waals surface area contributed by atoms with Gasteiger partial charge in [0.2, 0.25) is 0 Å². The third-order valence-corrected chi connectivity index (χ3v) is 1.83. The van der Waals surface area contributed by atoms with Crippen LogP contribution in [0.2, 0.25) is 5.02 Å². The van der Waals surface area contributed by atoms with E-state index in [1.54, 1.807) is 0 Å². The number of halogens is 1. The predicted molar refractivity (Wildman–Crippen MR) is 44.9 cm³/mol. The summed E-state index contributed by atoms with van der Waals surface area (Å²) in [4.78, 5) is 0. The molecular formula is C7H8ClP. The first-order valence-corrected chi connectivity index (χ1v) is 3.97. The molecular weight excluding hydrogens is 151 g/mol. The Morgan fingerprint density at radius 2 is 2.22 bits per heavy atom. The SMILES string of the molecule is PCc1cccc(Cl)c1. The molecule has 0 heterocycles. The van der Waals surface area contributed by atoms with E-state index < -0.39 is 0 Å². The summed E-state index contributed by atoms with van der Waals surface area (Å²) >= 11 is 5.71. The van der Waals surface area contributed by atoms with Crippen LogP contribution in [-0.2, 0) is 6.16 Å². The van der Waals surface area contributed by atoms with Gasteiger partial charge in [0.1, 0.15) is 0 Å². The lowest BCUT2D eigenvalue weighted by Gasteiger charge is -1.93. The maximum Gasteiger partial charge on any atom is 0.0408 e. The van der Waals surface area contributed by atoms with Crippen molar-refractivity contribution in [3.8, 4) is 0 Å². The lowest BCUT2D eigenvalue weighted by atomic mass is 10.2. The molecule has 9 heavy (non-hydrogen) atoms. The molecule has 0 saturated heterocycles. The van der Waals surface area contributed by atoms with Crippen LogP contribution in [0.1, 0.15) is 5.56 Å². The second-order valence-electron chi connectivity index (χ2n) is 1.83. The van der Waals surface area contributed by atoms with Gasteiger partial charge < -0.3 is 0 Å². The summed E-state index contributed by atoms with van der Waals surface area (Å²) in [5.74, 6) is 0. The van der Waals surface area contributed by atoms with E-state index in [1.807, 2.05) is 18.2 Å². The van der Waals surface area contributed by atoms with Crippen LogP contribution in [0.25, 0.3) is 0 Å². The van der Waals surface area contributed by atoms with Gasteiger partial charge in [0.05, 0.1) is 0 Å². The Hall–Kier alpha value is -0.0600. The Labute approximate surface area is 62.4 Å². The molecule has 1 aromatic rings. The van der Waals surface area contributed by atoms with E-state index in [1.165, 1.54) is 5.56 Å². The highest BCUT2D eigenvalue weighted by atomic mass is 35.5. The van der Waals surface area contributed by atoms with Crippen molar-refractivity contribution in [1.29, 1.82) is 0 Å². The van der Waals surface area contributed by atoms with E-state index in [2.05, 4.69) is 15.3 Å². The van der Waals surface area contributed by atoms with Gasteiger partial charge in [0.25, 0.3) is 0 Å². The van der Waals surface area contributed by atoms with E-state index in [0.29, 0.717) is 0 Å². The smallest absolute Gasteiger partial charge is 0.0408 e. The summed E-state index contributed by atoms with van der Waals surface area (Å²) in [6, 6.07) is 7.86. The first-order valence-electron chi connectivity index (χ1n) is 2.77. The summed E-state index contributed by atoms with van der Waals surface area (Å²) in [5.41, 5.74) is 1.26. The molecule has 0 aliphatic rings. The van der Waals surface area contributed by atoms with Crippen LogP contribution >= 0.6 is 20.8 Å². The minimum Gasteiger partial charge on any atom is -0.133 e. The van der Waals surface area contributed by atoms with Crippen molar-refractivity contribution in [2.75, 3.05) is 0 Å².